The smallest absolute Gasteiger partial charge is 0.335 e. The lowest BCUT2D eigenvalue weighted by atomic mass is 10.0. The van der Waals surface area contributed by atoms with Crippen molar-refractivity contribution in [1.29, 1.82) is 0 Å². The predicted molar refractivity (Wildman–Crippen MR) is 255 cm³/mol. The maximum absolute atomic E-state index is 12.2. The molecule has 0 unspecified atom stereocenters. The van der Waals surface area contributed by atoms with Crippen molar-refractivity contribution in [2.45, 2.75) is 0 Å². The number of rotatable bonds is 12. The monoisotopic (exact) mass is 910 g/mol. The Morgan fingerprint density at radius 3 is 0.779 bits per heavy atom. The Labute approximate surface area is 385 Å². The number of nitrogens with zero attached hydrogens (tertiary/aromatic N) is 2. The van der Waals surface area contributed by atoms with E-state index in [9.17, 15) is 39.6 Å². The topological polar surface area (TPSA) is 243 Å². The highest BCUT2D eigenvalue weighted by atomic mass is 16.5. The number of carbonyl (C=O) groups is 4. The number of ether oxygens (including phenoxy) is 4. The van der Waals surface area contributed by atoms with Crippen LogP contribution in [0.3, 0.4) is 0 Å². The highest BCUT2D eigenvalue weighted by molar-refractivity contribution is 6.03. The second kappa shape index (κ2) is 17.5. The van der Waals surface area contributed by atoms with Crippen molar-refractivity contribution in [3.05, 3.63) is 142 Å². The zero-order valence-corrected chi connectivity index (χ0v) is 36.5. The van der Waals surface area contributed by atoms with Crippen molar-refractivity contribution >= 4 is 70.2 Å². The molecule has 2 aliphatic rings. The number of H-pyrrole nitrogens is 2. The van der Waals surface area contributed by atoms with E-state index in [1.165, 1.54) is 77.0 Å². The molecule has 0 saturated heterocycles. The molecule has 4 aromatic carbocycles. The van der Waals surface area contributed by atoms with E-state index in [4.69, 9.17) is 28.9 Å². The molecule has 68 heavy (non-hydrogen) atoms. The van der Waals surface area contributed by atoms with Gasteiger partial charge < -0.3 is 49.3 Å². The Kier molecular flexibility index (Phi) is 11.3. The van der Waals surface area contributed by atoms with Gasteiger partial charge in [0.05, 0.1) is 73.5 Å². The summed E-state index contributed by atoms with van der Waals surface area (Å²) in [4.78, 5) is 66.2. The summed E-state index contributed by atoms with van der Waals surface area (Å²) in [7, 11) is 5.74. The summed E-state index contributed by atoms with van der Waals surface area (Å²) in [6.07, 6.45) is 7.19. The van der Waals surface area contributed by atoms with Crippen LogP contribution >= 0.6 is 0 Å². The predicted octanol–water partition coefficient (Wildman–Crippen LogP) is 10.2. The van der Waals surface area contributed by atoms with Crippen molar-refractivity contribution in [2.75, 3.05) is 28.4 Å². The molecular weight excluding hydrogens is 873 g/mol. The van der Waals surface area contributed by atoms with Gasteiger partial charge in [0.15, 0.2) is 0 Å². The zero-order chi connectivity index (χ0) is 48.0. The van der Waals surface area contributed by atoms with E-state index in [0.717, 1.165) is 0 Å². The van der Waals surface area contributed by atoms with Gasteiger partial charge in [-0.2, -0.15) is 0 Å². The van der Waals surface area contributed by atoms with E-state index in [1.54, 1.807) is 48.6 Å². The van der Waals surface area contributed by atoms with E-state index in [0.29, 0.717) is 89.4 Å². The van der Waals surface area contributed by atoms with Crippen LogP contribution in [0.2, 0.25) is 0 Å². The third kappa shape index (κ3) is 7.70. The maximum Gasteiger partial charge on any atom is 0.335 e. The lowest BCUT2D eigenvalue weighted by Crippen LogP contribution is -1.99. The molecule has 0 radical (unpaired) electrons. The standard InChI is InChI=1S/C52H38N4O12/c1-65-41-21-25(49(57)58)5-9-29(41)45-33-13-15-35(53-33)46(30-10-6-26(50(59)60)22-42(30)66-2)37-17-19-39(55-37)48(32-12-8-28(52(63)64)24-44(32)68-4)40-20-18-38(56-40)47(36-16-14-34(45)54-36)31-11-7-27(51(61)62)23-43(31)67-3/h5-24,53,56H,1-4H3,(H,57,58)(H,59,60)(H,61,62)(H,63,64). The summed E-state index contributed by atoms with van der Waals surface area (Å²) in [6, 6.07) is 25.4. The van der Waals surface area contributed by atoms with Gasteiger partial charge in [0.25, 0.3) is 0 Å². The van der Waals surface area contributed by atoms with Crippen LogP contribution in [0.5, 0.6) is 23.0 Å². The Morgan fingerprint density at radius 2 is 0.588 bits per heavy atom. The first-order chi connectivity index (χ1) is 32.8. The quantitative estimate of drug-likeness (QED) is 0.0668. The minimum absolute atomic E-state index is 0.00459. The second-order valence-corrected chi connectivity index (χ2v) is 15.4. The molecule has 0 aliphatic carbocycles. The van der Waals surface area contributed by atoms with Crippen molar-refractivity contribution in [2.24, 2.45) is 0 Å². The average molecular weight is 911 g/mol. The molecule has 8 bridgehead atoms. The number of carboxylic acids is 4. The Bertz CT molecular complexity index is 3090. The summed E-state index contributed by atoms with van der Waals surface area (Å²) in [6.45, 7) is 0. The summed E-state index contributed by atoms with van der Waals surface area (Å²) >= 11 is 0. The van der Waals surface area contributed by atoms with E-state index >= 15 is 0 Å². The van der Waals surface area contributed by atoms with Gasteiger partial charge >= 0.3 is 23.9 Å². The molecule has 9 rings (SSSR count). The molecule has 16 nitrogen and oxygen atoms in total. The number of benzene rings is 4. The molecule has 16 heteroatoms. The SMILES string of the molecule is COc1cc(C(=O)O)ccc1-c1c2nc(c(-c3ccc(C(=O)O)cc3OC)c3ccc([nH]3)c(-c3ccc(C(=O)O)cc3OC)c3nc(c(-c4ccc(C(=O)O)cc4OC)c4ccc1[nH]4)C=C3)C=C2. The normalized spacial score (nSPS) is 11.6. The van der Waals surface area contributed by atoms with Gasteiger partial charge in [0.1, 0.15) is 23.0 Å². The number of methoxy groups -OCH3 is 4. The molecule has 5 heterocycles. The molecular formula is C52H38N4O12. The van der Waals surface area contributed by atoms with Crippen LogP contribution in [0.15, 0.2) is 97.1 Å². The molecule has 0 amide bonds. The fourth-order valence-electron chi connectivity index (χ4n) is 8.46. The van der Waals surface area contributed by atoms with Gasteiger partial charge in [-0.1, -0.05) is 0 Å². The number of aromatic amines is 2. The van der Waals surface area contributed by atoms with Crippen molar-refractivity contribution in [3.63, 3.8) is 0 Å². The first kappa shape index (κ1) is 43.8. The second-order valence-electron chi connectivity index (χ2n) is 15.4. The average Bonchev–Trinajstić information content (AvgIpc) is 4.20. The summed E-state index contributed by atoms with van der Waals surface area (Å²) in [5.41, 5.74) is 7.80. The molecule has 0 spiro atoms. The van der Waals surface area contributed by atoms with Crippen LogP contribution in [0.4, 0.5) is 0 Å². The molecule has 7 aromatic rings. The maximum atomic E-state index is 12.2. The molecule has 0 atom stereocenters. The molecule has 338 valence electrons. The molecule has 6 N–H and O–H groups in total. The third-order valence-corrected chi connectivity index (χ3v) is 11.6. The number of nitrogens with one attached hydrogen (secondary N) is 2. The van der Waals surface area contributed by atoms with E-state index in [1.807, 2.05) is 24.3 Å². The van der Waals surface area contributed by atoms with Gasteiger partial charge in [-0.05, 0) is 121 Å². The summed E-state index contributed by atoms with van der Waals surface area (Å²) in [5, 5.41) is 39.7. The Hall–Kier alpha value is -9.44. The van der Waals surface area contributed by atoms with Gasteiger partial charge in [-0.15, -0.1) is 0 Å². The van der Waals surface area contributed by atoms with Crippen LogP contribution in [0.1, 0.15) is 64.2 Å². The number of hydrogen-bond donors (Lipinski definition) is 6. The minimum Gasteiger partial charge on any atom is -0.496 e. The van der Waals surface area contributed by atoms with E-state index < -0.39 is 23.9 Å². The summed E-state index contributed by atoms with van der Waals surface area (Å²) < 4.78 is 23.3. The van der Waals surface area contributed by atoms with Crippen LogP contribution in [0, 0.1) is 0 Å². The highest BCUT2D eigenvalue weighted by Gasteiger charge is 2.25. The minimum atomic E-state index is -1.15. The summed E-state index contributed by atoms with van der Waals surface area (Å²) in [5.74, 6) is -3.64. The van der Waals surface area contributed by atoms with Crippen LogP contribution in [-0.2, 0) is 0 Å². The van der Waals surface area contributed by atoms with Crippen molar-refractivity contribution < 1.29 is 58.6 Å². The van der Waals surface area contributed by atoms with Gasteiger partial charge in [-0.3, -0.25) is 0 Å². The Morgan fingerprint density at radius 1 is 0.368 bits per heavy atom. The molecule has 0 saturated carbocycles. The van der Waals surface area contributed by atoms with Crippen LogP contribution < -0.4 is 18.9 Å². The van der Waals surface area contributed by atoms with E-state index in [2.05, 4.69) is 9.97 Å². The number of carboxylic acid groups (broad SMARTS) is 4. The fourth-order valence-corrected chi connectivity index (χ4v) is 8.46. The fraction of sp³-hybridized carbons (Fsp3) is 0.0769. The van der Waals surface area contributed by atoms with E-state index in [-0.39, 0.29) is 45.3 Å². The number of fused-ring (bicyclic) bond motifs is 8. The van der Waals surface area contributed by atoms with Gasteiger partial charge in [0, 0.05) is 66.6 Å². The molecule has 2 aliphatic heterocycles. The van der Waals surface area contributed by atoms with Crippen molar-refractivity contribution in [1.82, 2.24) is 19.9 Å². The van der Waals surface area contributed by atoms with Crippen LogP contribution in [-0.4, -0.2) is 92.7 Å². The molecule has 0 fully saturated rings. The van der Waals surface area contributed by atoms with Gasteiger partial charge in [-0.25, -0.2) is 29.1 Å². The first-order valence-electron chi connectivity index (χ1n) is 20.6. The lowest BCUT2D eigenvalue weighted by Gasteiger charge is -2.13. The highest BCUT2D eigenvalue weighted by Crippen LogP contribution is 2.44. The molecule has 3 aromatic heterocycles. The largest absolute Gasteiger partial charge is 0.496 e. The van der Waals surface area contributed by atoms with Crippen molar-refractivity contribution in [3.8, 4) is 67.5 Å². The number of hydrogen-bond acceptors (Lipinski definition) is 10. The first-order valence-corrected chi connectivity index (χ1v) is 20.6. The van der Waals surface area contributed by atoms with Gasteiger partial charge in [0.2, 0.25) is 0 Å². The van der Waals surface area contributed by atoms with Crippen LogP contribution in [0.25, 0.3) is 90.9 Å². The zero-order valence-electron chi connectivity index (χ0n) is 36.5. The lowest BCUT2D eigenvalue weighted by molar-refractivity contribution is 0.0686. The number of aromatic carboxylic acids is 4. The third-order valence-electron chi connectivity index (χ3n) is 11.6. The Balaban J connectivity index is 1.50. The number of aromatic nitrogens is 4.